The summed E-state index contributed by atoms with van der Waals surface area (Å²) in [6, 6.07) is 6.41. The number of carboxylic acid groups (broad SMARTS) is 1. The molecule has 0 bridgehead atoms. The van der Waals surface area contributed by atoms with Gasteiger partial charge in [0.2, 0.25) is 0 Å². The zero-order valence-electron chi connectivity index (χ0n) is 12.2. The first-order chi connectivity index (χ1) is 10.5. The minimum atomic E-state index is -1.10. The Hall–Kier alpha value is -2.54. The molecule has 1 aromatic heterocycles. The number of carboxylic acids is 1. The van der Waals surface area contributed by atoms with E-state index >= 15 is 0 Å². The van der Waals surface area contributed by atoms with Crippen LogP contribution in [0.25, 0.3) is 0 Å². The summed E-state index contributed by atoms with van der Waals surface area (Å²) in [5, 5.41) is 11.8. The van der Waals surface area contributed by atoms with Crippen molar-refractivity contribution in [1.82, 2.24) is 14.9 Å². The van der Waals surface area contributed by atoms with Crippen LogP contribution >= 0.6 is 0 Å². The van der Waals surface area contributed by atoms with Crippen molar-refractivity contribution in [2.75, 3.05) is 25.5 Å². The van der Waals surface area contributed by atoms with Gasteiger partial charge in [-0.05, 0) is 24.7 Å². The van der Waals surface area contributed by atoms with Crippen LogP contribution in [0.15, 0.2) is 36.7 Å². The number of likely N-dealkylation sites (N-methyl/N-ethyl adjacent to an activating group) is 1. The largest absolute Gasteiger partial charge is 0.476 e. The van der Waals surface area contributed by atoms with Crippen molar-refractivity contribution < 1.29 is 14.3 Å². The molecule has 0 saturated carbocycles. The van der Waals surface area contributed by atoms with Gasteiger partial charge in [-0.15, -0.1) is 0 Å². The predicted molar refractivity (Wildman–Crippen MR) is 80.2 cm³/mol. The number of halogens is 1. The molecule has 0 aliphatic heterocycles. The second-order valence-corrected chi connectivity index (χ2v) is 4.88. The van der Waals surface area contributed by atoms with E-state index in [9.17, 15) is 9.18 Å². The van der Waals surface area contributed by atoms with Crippen LogP contribution in [0.5, 0.6) is 0 Å². The molecule has 116 valence electrons. The summed E-state index contributed by atoms with van der Waals surface area (Å²) >= 11 is 0. The molecule has 0 amide bonds. The molecule has 1 aromatic carbocycles. The van der Waals surface area contributed by atoms with E-state index < -0.39 is 5.97 Å². The van der Waals surface area contributed by atoms with Crippen molar-refractivity contribution in [3.8, 4) is 0 Å². The van der Waals surface area contributed by atoms with E-state index in [1.807, 2.05) is 7.05 Å². The van der Waals surface area contributed by atoms with Crippen LogP contribution in [0.1, 0.15) is 16.1 Å². The summed E-state index contributed by atoms with van der Waals surface area (Å²) in [6.07, 6.45) is 2.61. The first kappa shape index (κ1) is 15.8. The summed E-state index contributed by atoms with van der Waals surface area (Å²) in [7, 11) is 1.96. The zero-order chi connectivity index (χ0) is 15.9. The van der Waals surface area contributed by atoms with Crippen LogP contribution in [-0.4, -0.2) is 46.1 Å². The highest BCUT2D eigenvalue weighted by Gasteiger charge is 2.05. The van der Waals surface area contributed by atoms with Crippen LogP contribution in [0.4, 0.5) is 10.2 Å². The number of aromatic carboxylic acids is 1. The molecular weight excluding hydrogens is 287 g/mol. The molecule has 2 aromatic rings. The lowest BCUT2D eigenvalue weighted by molar-refractivity contribution is 0.0690. The Morgan fingerprint density at radius 2 is 2.00 bits per heavy atom. The molecule has 0 aliphatic rings. The first-order valence-corrected chi connectivity index (χ1v) is 6.77. The third-order valence-electron chi connectivity index (χ3n) is 3.04. The van der Waals surface area contributed by atoms with E-state index in [1.54, 1.807) is 12.1 Å². The second kappa shape index (κ2) is 7.46. The molecule has 22 heavy (non-hydrogen) atoms. The van der Waals surface area contributed by atoms with Crippen LogP contribution in [-0.2, 0) is 6.54 Å². The molecule has 0 spiro atoms. The Kier molecular flexibility index (Phi) is 5.37. The van der Waals surface area contributed by atoms with Crippen molar-refractivity contribution in [3.05, 3.63) is 53.7 Å². The van der Waals surface area contributed by atoms with Gasteiger partial charge in [-0.2, -0.15) is 0 Å². The van der Waals surface area contributed by atoms with E-state index in [0.29, 0.717) is 18.9 Å². The van der Waals surface area contributed by atoms with E-state index in [-0.39, 0.29) is 11.5 Å². The second-order valence-electron chi connectivity index (χ2n) is 4.88. The fraction of sp³-hybridized carbons (Fsp3) is 0.267. The number of benzene rings is 1. The summed E-state index contributed by atoms with van der Waals surface area (Å²) in [5.74, 6) is -0.810. The smallest absolute Gasteiger partial charge is 0.356 e. The van der Waals surface area contributed by atoms with Crippen molar-refractivity contribution in [3.63, 3.8) is 0 Å². The van der Waals surface area contributed by atoms with Gasteiger partial charge in [0.1, 0.15) is 11.6 Å². The van der Waals surface area contributed by atoms with Crippen LogP contribution in [0.3, 0.4) is 0 Å². The quantitative estimate of drug-likeness (QED) is 0.813. The highest BCUT2D eigenvalue weighted by molar-refractivity contribution is 5.84. The molecular formula is C15H17FN4O2. The predicted octanol–water partition coefficient (Wildman–Crippen LogP) is 1.86. The molecule has 2 N–H and O–H groups in total. The van der Waals surface area contributed by atoms with E-state index in [1.165, 1.54) is 24.5 Å². The summed E-state index contributed by atoms with van der Waals surface area (Å²) in [5.41, 5.74) is 0.952. The van der Waals surface area contributed by atoms with Gasteiger partial charge in [0.25, 0.3) is 0 Å². The number of hydrogen-bond donors (Lipinski definition) is 2. The maximum Gasteiger partial charge on any atom is 0.356 e. The highest BCUT2D eigenvalue weighted by Crippen LogP contribution is 2.06. The van der Waals surface area contributed by atoms with E-state index in [0.717, 1.165) is 12.1 Å². The molecule has 0 atom stereocenters. The van der Waals surface area contributed by atoms with Gasteiger partial charge < -0.3 is 15.3 Å². The minimum Gasteiger partial charge on any atom is -0.476 e. The standard InChI is InChI=1S/C15H17FN4O2/c1-20(10-11-2-4-12(16)5-3-11)7-6-17-14-9-18-13(8-19-14)15(21)22/h2-5,8-9H,6-7,10H2,1H3,(H,17,19)(H,21,22). The van der Waals surface area contributed by atoms with Crippen molar-refractivity contribution >= 4 is 11.8 Å². The molecule has 0 radical (unpaired) electrons. The molecule has 0 fully saturated rings. The number of rotatable bonds is 7. The fourth-order valence-electron chi connectivity index (χ4n) is 1.89. The van der Waals surface area contributed by atoms with Crippen LogP contribution < -0.4 is 5.32 Å². The van der Waals surface area contributed by atoms with Gasteiger partial charge in [0.05, 0.1) is 12.4 Å². The zero-order valence-corrected chi connectivity index (χ0v) is 12.2. The Balaban J connectivity index is 1.75. The number of nitrogens with one attached hydrogen (secondary N) is 1. The minimum absolute atomic E-state index is 0.0843. The van der Waals surface area contributed by atoms with E-state index in [4.69, 9.17) is 5.11 Å². The third kappa shape index (κ3) is 4.78. The number of carbonyl (C=O) groups is 1. The average Bonchev–Trinajstić information content (AvgIpc) is 2.50. The highest BCUT2D eigenvalue weighted by atomic mass is 19.1. The summed E-state index contributed by atoms with van der Waals surface area (Å²) in [4.78, 5) is 20.5. The lowest BCUT2D eigenvalue weighted by Crippen LogP contribution is -2.25. The SMILES string of the molecule is CN(CCNc1cnc(C(=O)O)cn1)Cc1ccc(F)cc1. The molecule has 0 aliphatic carbocycles. The molecule has 7 heteroatoms. The molecule has 6 nitrogen and oxygen atoms in total. The molecule has 0 unspecified atom stereocenters. The Labute approximate surface area is 127 Å². The topological polar surface area (TPSA) is 78.4 Å². The monoisotopic (exact) mass is 304 g/mol. The van der Waals surface area contributed by atoms with Gasteiger partial charge in [-0.25, -0.2) is 19.2 Å². The average molecular weight is 304 g/mol. The number of hydrogen-bond acceptors (Lipinski definition) is 5. The number of aromatic nitrogens is 2. The maximum absolute atomic E-state index is 12.8. The Morgan fingerprint density at radius 1 is 1.27 bits per heavy atom. The molecule has 2 rings (SSSR count). The Bertz CT molecular complexity index is 616. The summed E-state index contributed by atoms with van der Waals surface area (Å²) < 4.78 is 12.8. The van der Waals surface area contributed by atoms with Crippen molar-refractivity contribution in [2.45, 2.75) is 6.54 Å². The van der Waals surface area contributed by atoms with E-state index in [2.05, 4.69) is 20.2 Å². The van der Waals surface area contributed by atoms with Gasteiger partial charge in [0.15, 0.2) is 5.69 Å². The van der Waals surface area contributed by atoms with Crippen molar-refractivity contribution in [2.24, 2.45) is 0 Å². The fourth-order valence-corrected chi connectivity index (χ4v) is 1.89. The van der Waals surface area contributed by atoms with Gasteiger partial charge in [-0.1, -0.05) is 12.1 Å². The Morgan fingerprint density at radius 3 is 2.59 bits per heavy atom. The van der Waals surface area contributed by atoms with Gasteiger partial charge in [0, 0.05) is 19.6 Å². The molecule has 0 saturated heterocycles. The summed E-state index contributed by atoms with van der Waals surface area (Å²) in [6.45, 7) is 2.10. The van der Waals surface area contributed by atoms with Crippen LogP contribution in [0, 0.1) is 5.82 Å². The van der Waals surface area contributed by atoms with Crippen LogP contribution in [0.2, 0.25) is 0 Å². The van der Waals surface area contributed by atoms with Gasteiger partial charge in [-0.3, -0.25) is 0 Å². The normalized spacial score (nSPS) is 10.7. The maximum atomic E-state index is 12.8. The van der Waals surface area contributed by atoms with Crippen molar-refractivity contribution in [1.29, 1.82) is 0 Å². The van der Waals surface area contributed by atoms with Gasteiger partial charge >= 0.3 is 5.97 Å². The third-order valence-corrected chi connectivity index (χ3v) is 3.04. The lowest BCUT2D eigenvalue weighted by Gasteiger charge is -2.17. The number of nitrogens with zero attached hydrogens (tertiary/aromatic N) is 3. The first-order valence-electron chi connectivity index (χ1n) is 6.77. The lowest BCUT2D eigenvalue weighted by atomic mass is 10.2. The number of anilines is 1. The molecule has 1 heterocycles.